The lowest BCUT2D eigenvalue weighted by molar-refractivity contribution is 0.469. The van der Waals surface area contributed by atoms with Crippen LogP contribution in [0.3, 0.4) is 0 Å². The first-order chi connectivity index (χ1) is 5.25. The van der Waals surface area contributed by atoms with Gasteiger partial charge in [0.1, 0.15) is 0 Å². The third kappa shape index (κ3) is 15.0. The van der Waals surface area contributed by atoms with Crippen LogP contribution in [0, 0.1) is 5.41 Å². The van der Waals surface area contributed by atoms with Crippen molar-refractivity contribution in [2.24, 2.45) is 5.41 Å². The molecule has 0 aromatic rings. The summed E-state index contributed by atoms with van der Waals surface area (Å²) in [7, 11) is 1.61. The maximum absolute atomic E-state index is 10.4. The Balaban J connectivity index is 0. The molecule has 0 unspecified atom stereocenters. The van der Waals surface area contributed by atoms with Gasteiger partial charge in [0.2, 0.25) is 9.05 Å². The van der Waals surface area contributed by atoms with Crippen molar-refractivity contribution in [2.75, 3.05) is 0 Å². The first-order valence-corrected chi connectivity index (χ1v) is 6.50. The minimum Gasteiger partial charge on any atom is -0.212 e. The van der Waals surface area contributed by atoms with E-state index in [4.69, 9.17) is 10.7 Å². The largest absolute Gasteiger partial charge is 0.237 e. The maximum atomic E-state index is 10.4. The molecule has 0 heterocycles. The summed E-state index contributed by atoms with van der Waals surface area (Å²) >= 11 is 0. The smallest absolute Gasteiger partial charge is 0.212 e. The summed E-state index contributed by atoms with van der Waals surface area (Å²) < 4.78 is 20.0. The van der Waals surface area contributed by atoms with E-state index >= 15 is 0 Å². The fourth-order valence-electron chi connectivity index (χ4n) is 0. The van der Waals surface area contributed by atoms with Gasteiger partial charge in [-0.2, -0.15) is 0 Å². The molecule has 0 amide bonds. The zero-order valence-electron chi connectivity index (χ0n) is 9.60. The van der Waals surface area contributed by atoms with Gasteiger partial charge in [-0.1, -0.05) is 27.7 Å². The van der Waals surface area contributed by atoms with E-state index in [9.17, 15) is 8.42 Å². The second-order valence-electron chi connectivity index (χ2n) is 5.55. The van der Waals surface area contributed by atoms with E-state index in [1.807, 2.05) is 0 Å². The minimum absolute atomic E-state index is 0.500. The molecule has 0 bridgehead atoms. The molecular formula is C9H21ClO2S. The zero-order valence-corrected chi connectivity index (χ0v) is 11.2. The zero-order chi connectivity index (χ0) is 11.5. The highest BCUT2D eigenvalue weighted by atomic mass is 35.7. The second-order valence-corrected chi connectivity index (χ2v) is 8.87. The first-order valence-electron chi connectivity index (χ1n) is 4.19. The maximum Gasteiger partial charge on any atom is 0.237 e. The normalized spacial score (nSPS) is 13.2. The van der Waals surface area contributed by atoms with Gasteiger partial charge < -0.3 is 0 Å². The Morgan fingerprint density at radius 3 is 0.923 bits per heavy atom. The molecule has 0 aliphatic rings. The molecule has 0 aromatic heterocycles. The predicted molar refractivity (Wildman–Crippen MR) is 59.7 cm³/mol. The van der Waals surface area contributed by atoms with Crippen molar-refractivity contribution in [2.45, 2.75) is 53.2 Å². The number of rotatable bonds is 0. The van der Waals surface area contributed by atoms with Gasteiger partial charge >= 0.3 is 0 Å². The van der Waals surface area contributed by atoms with Crippen LogP contribution < -0.4 is 0 Å². The average Bonchev–Trinajstić information content (AvgIpc) is 1.50. The molecule has 4 heteroatoms. The summed E-state index contributed by atoms with van der Waals surface area (Å²) in [5.74, 6) is 0. The van der Waals surface area contributed by atoms with Crippen LogP contribution in [0.1, 0.15) is 48.5 Å². The van der Waals surface area contributed by atoms with Crippen molar-refractivity contribution < 1.29 is 8.42 Å². The monoisotopic (exact) mass is 228 g/mol. The Kier molecular flexibility index (Phi) is 5.61. The molecule has 0 fully saturated rings. The summed E-state index contributed by atoms with van der Waals surface area (Å²) in [6.45, 7) is 13.4. The fraction of sp³-hybridized carbons (Fsp3) is 1.00. The van der Waals surface area contributed by atoms with Gasteiger partial charge in [0, 0.05) is 10.7 Å². The molecule has 13 heavy (non-hydrogen) atoms. The molecule has 0 aliphatic heterocycles. The van der Waals surface area contributed by atoms with E-state index in [2.05, 4.69) is 27.7 Å². The molecule has 0 radical (unpaired) electrons. The minimum atomic E-state index is -3.37. The van der Waals surface area contributed by atoms with Gasteiger partial charge in [-0.3, -0.25) is 0 Å². The van der Waals surface area contributed by atoms with Gasteiger partial charge in [-0.25, -0.2) is 8.42 Å². The molecule has 0 rings (SSSR count). The SMILES string of the molecule is CC(C)(C)C.CC(C)(C)S(=O)(=O)Cl. The van der Waals surface area contributed by atoms with E-state index in [0.717, 1.165) is 0 Å². The molecule has 0 spiro atoms. The van der Waals surface area contributed by atoms with Crippen molar-refractivity contribution in [3.05, 3.63) is 0 Å². The molecular weight excluding hydrogens is 208 g/mol. The highest BCUT2D eigenvalue weighted by Gasteiger charge is 2.25. The lowest BCUT2D eigenvalue weighted by Crippen LogP contribution is -2.22. The van der Waals surface area contributed by atoms with Crippen LogP contribution in [0.15, 0.2) is 0 Å². The Morgan fingerprint density at radius 1 is 0.846 bits per heavy atom. The number of hydrogen-bond donors (Lipinski definition) is 0. The van der Waals surface area contributed by atoms with Gasteiger partial charge in [0.05, 0.1) is 4.75 Å². The molecule has 82 valence electrons. The lowest BCUT2D eigenvalue weighted by Gasteiger charge is -2.11. The summed E-state index contributed by atoms with van der Waals surface area (Å²) in [6.07, 6.45) is 0. The van der Waals surface area contributed by atoms with Crippen molar-refractivity contribution in [1.82, 2.24) is 0 Å². The topological polar surface area (TPSA) is 34.1 Å². The molecule has 0 aromatic carbocycles. The standard InChI is InChI=1S/C5H12.C4H9ClO2S/c1-5(2,3)4;1-4(2,3)8(5,6)7/h1-4H3;1-3H3. The van der Waals surface area contributed by atoms with Crippen molar-refractivity contribution >= 4 is 19.7 Å². The molecule has 0 saturated heterocycles. The second kappa shape index (κ2) is 4.65. The van der Waals surface area contributed by atoms with Gasteiger partial charge in [0.25, 0.3) is 0 Å². The molecule has 0 aliphatic carbocycles. The van der Waals surface area contributed by atoms with Crippen LogP contribution in [0.2, 0.25) is 0 Å². The molecule has 2 nitrogen and oxygen atoms in total. The Labute approximate surface area is 87.1 Å². The van der Waals surface area contributed by atoms with Crippen LogP contribution >= 0.6 is 10.7 Å². The third-order valence-electron chi connectivity index (χ3n) is 0.731. The Bertz CT molecular complexity index is 223. The van der Waals surface area contributed by atoms with Crippen LogP contribution in [-0.4, -0.2) is 13.2 Å². The highest BCUT2D eigenvalue weighted by molar-refractivity contribution is 8.14. The van der Waals surface area contributed by atoms with Crippen LogP contribution in [-0.2, 0) is 9.05 Å². The highest BCUT2D eigenvalue weighted by Crippen LogP contribution is 2.18. The predicted octanol–water partition coefficient (Wildman–Crippen LogP) is 3.41. The molecule has 0 N–H and O–H groups in total. The van der Waals surface area contributed by atoms with Crippen LogP contribution in [0.4, 0.5) is 0 Å². The van der Waals surface area contributed by atoms with E-state index in [1.54, 1.807) is 20.8 Å². The number of halogens is 1. The van der Waals surface area contributed by atoms with E-state index in [1.165, 1.54) is 0 Å². The lowest BCUT2D eigenvalue weighted by atomic mass is 10.0. The van der Waals surface area contributed by atoms with E-state index < -0.39 is 13.8 Å². The van der Waals surface area contributed by atoms with Gasteiger partial charge in [-0.15, -0.1) is 0 Å². The van der Waals surface area contributed by atoms with Gasteiger partial charge in [-0.05, 0) is 26.2 Å². The fourth-order valence-corrected chi connectivity index (χ4v) is 0. The van der Waals surface area contributed by atoms with Crippen molar-refractivity contribution in [3.63, 3.8) is 0 Å². The van der Waals surface area contributed by atoms with Crippen molar-refractivity contribution in [3.8, 4) is 0 Å². The van der Waals surface area contributed by atoms with Crippen molar-refractivity contribution in [1.29, 1.82) is 0 Å². The molecule has 0 atom stereocenters. The average molecular weight is 229 g/mol. The summed E-state index contributed by atoms with van der Waals surface area (Å²) in [4.78, 5) is 0. The van der Waals surface area contributed by atoms with E-state index in [-0.39, 0.29) is 0 Å². The summed E-state index contributed by atoms with van der Waals surface area (Å²) in [5.41, 5.74) is 0.500. The summed E-state index contributed by atoms with van der Waals surface area (Å²) in [5, 5.41) is 0. The quantitative estimate of drug-likeness (QED) is 0.596. The Morgan fingerprint density at radius 2 is 0.923 bits per heavy atom. The Hall–Kier alpha value is 0.240. The first kappa shape index (κ1) is 15.7. The molecule has 0 saturated carbocycles. The van der Waals surface area contributed by atoms with E-state index in [0.29, 0.717) is 5.41 Å². The van der Waals surface area contributed by atoms with Crippen LogP contribution in [0.5, 0.6) is 0 Å². The third-order valence-corrected chi connectivity index (χ3v) is 3.58. The van der Waals surface area contributed by atoms with Gasteiger partial charge in [0.15, 0.2) is 0 Å². The van der Waals surface area contributed by atoms with Crippen LogP contribution in [0.25, 0.3) is 0 Å². The number of hydrogen-bond acceptors (Lipinski definition) is 2. The summed E-state index contributed by atoms with van der Waals surface area (Å²) in [6, 6.07) is 0.